The topological polar surface area (TPSA) is 46.5 Å². The smallest absolute Gasteiger partial charge is 0.293 e. The summed E-state index contributed by atoms with van der Waals surface area (Å²) in [5.41, 5.74) is 0. The van der Waals surface area contributed by atoms with Crippen LogP contribution in [0.5, 0.6) is 0 Å². The van der Waals surface area contributed by atoms with Crippen molar-refractivity contribution in [1.29, 1.82) is 0 Å². The summed E-state index contributed by atoms with van der Waals surface area (Å²) in [6, 6.07) is 0. The molecule has 0 spiro atoms. The first kappa shape index (κ1) is 7.43. The van der Waals surface area contributed by atoms with E-state index >= 15 is 0 Å². The average molecular weight is 117 g/mol. The maximum atomic E-state index is 9.47. The Kier molecular flexibility index (Phi) is 4.26. The molecule has 0 aromatic rings. The number of aliphatic hydroxyl groups excluding tert-OH is 1. The summed E-state index contributed by atoms with van der Waals surface area (Å²) in [5.74, 6) is 0. The van der Waals surface area contributed by atoms with Crippen LogP contribution in [0.2, 0.25) is 0 Å². The molecule has 0 unspecified atom stereocenters. The molecule has 3 heteroatoms. The summed E-state index contributed by atoms with van der Waals surface area (Å²) in [6.45, 7) is 2.20. The predicted molar refractivity (Wildman–Crippen MR) is 27.5 cm³/mol. The lowest BCUT2D eigenvalue weighted by Gasteiger charge is -1.98. The van der Waals surface area contributed by atoms with E-state index in [-0.39, 0.29) is 12.7 Å². The SMILES string of the molecule is C[C](O)CCOC=O. The summed E-state index contributed by atoms with van der Waals surface area (Å²) in [4.78, 5) is 9.47. The van der Waals surface area contributed by atoms with Crippen molar-refractivity contribution in [2.24, 2.45) is 0 Å². The molecule has 8 heavy (non-hydrogen) atoms. The normalized spacial score (nSPS) is 9.38. The number of carbonyl (C=O) groups excluding carboxylic acids is 1. The lowest BCUT2D eigenvalue weighted by Crippen LogP contribution is -1.96. The molecule has 47 valence electrons. The highest BCUT2D eigenvalue weighted by Gasteiger charge is 1.93. The number of aliphatic hydroxyl groups is 1. The molecule has 0 heterocycles. The fourth-order valence-electron chi connectivity index (χ4n) is 0.255. The van der Waals surface area contributed by atoms with Crippen LogP contribution >= 0.6 is 0 Å². The van der Waals surface area contributed by atoms with Gasteiger partial charge < -0.3 is 9.84 Å². The van der Waals surface area contributed by atoms with E-state index in [1.54, 1.807) is 6.92 Å². The zero-order chi connectivity index (χ0) is 6.41. The largest absolute Gasteiger partial charge is 0.468 e. The van der Waals surface area contributed by atoms with E-state index in [1.165, 1.54) is 0 Å². The van der Waals surface area contributed by atoms with Crippen molar-refractivity contribution < 1.29 is 14.6 Å². The van der Waals surface area contributed by atoms with Crippen LogP contribution in [0.3, 0.4) is 0 Å². The van der Waals surface area contributed by atoms with Crippen LogP contribution in [-0.2, 0) is 9.53 Å². The molecule has 0 atom stereocenters. The minimum Gasteiger partial charge on any atom is -0.468 e. The van der Waals surface area contributed by atoms with Gasteiger partial charge in [0.05, 0.1) is 12.7 Å². The van der Waals surface area contributed by atoms with E-state index in [0.717, 1.165) is 0 Å². The van der Waals surface area contributed by atoms with Gasteiger partial charge in [0.2, 0.25) is 0 Å². The lowest BCUT2D eigenvalue weighted by molar-refractivity contribution is -0.128. The van der Waals surface area contributed by atoms with Crippen LogP contribution in [0, 0.1) is 6.10 Å². The number of rotatable bonds is 4. The molecule has 1 radical (unpaired) electrons. The molecule has 0 rings (SSSR count). The lowest BCUT2D eigenvalue weighted by atomic mass is 10.3. The van der Waals surface area contributed by atoms with E-state index in [4.69, 9.17) is 5.11 Å². The van der Waals surface area contributed by atoms with Crippen LogP contribution in [0.1, 0.15) is 13.3 Å². The Hall–Kier alpha value is -0.570. The van der Waals surface area contributed by atoms with Crippen molar-refractivity contribution in [1.82, 2.24) is 0 Å². The van der Waals surface area contributed by atoms with Gasteiger partial charge in [0.15, 0.2) is 0 Å². The van der Waals surface area contributed by atoms with Gasteiger partial charge in [-0.25, -0.2) is 0 Å². The number of ether oxygens (including phenoxy) is 1. The van der Waals surface area contributed by atoms with Crippen molar-refractivity contribution in [2.75, 3.05) is 6.61 Å². The molecule has 0 aliphatic rings. The molecule has 0 aromatic carbocycles. The zero-order valence-corrected chi connectivity index (χ0v) is 4.76. The summed E-state index contributed by atoms with van der Waals surface area (Å²) >= 11 is 0. The van der Waals surface area contributed by atoms with Crippen molar-refractivity contribution in [2.45, 2.75) is 13.3 Å². The Bertz CT molecular complexity index is 60.7. The molecule has 0 aliphatic carbocycles. The molecule has 0 aromatic heterocycles. The second-order valence-corrected chi connectivity index (χ2v) is 1.45. The van der Waals surface area contributed by atoms with Gasteiger partial charge in [0.1, 0.15) is 0 Å². The van der Waals surface area contributed by atoms with Crippen LogP contribution in [0.4, 0.5) is 0 Å². The van der Waals surface area contributed by atoms with Crippen molar-refractivity contribution >= 4 is 6.47 Å². The molecule has 0 aliphatic heterocycles. The number of hydrogen-bond acceptors (Lipinski definition) is 3. The van der Waals surface area contributed by atoms with Crippen LogP contribution in [0.15, 0.2) is 0 Å². The molecule has 0 saturated carbocycles. The van der Waals surface area contributed by atoms with E-state index in [9.17, 15) is 4.79 Å². The molecule has 0 amide bonds. The van der Waals surface area contributed by atoms with Crippen molar-refractivity contribution in [3.63, 3.8) is 0 Å². The van der Waals surface area contributed by atoms with E-state index in [2.05, 4.69) is 4.74 Å². The van der Waals surface area contributed by atoms with Gasteiger partial charge in [-0.2, -0.15) is 0 Å². The van der Waals surface area contributed by atoms with Crippen molar-refractivity contribution in [3.8, 4) is 0 Å². The third kappa shape index (κ3) is 5.43. The van der Waals surface area contributed by atoms with Gasteiger partial charge in [-0.15, -0.1) is 0 Å². The van der Waals surface area contributed by atoms with Crippen molar-refractivity contribution in [3.05, 3.63) is 6.10 Å². The average Bonchev–Trinajstić information content (AvgIpc) is 1.66. The third-order valence-electron chi connectivity index (χ3n) is 0.650. The van der Waals surface area contributed by atoms with E-state index in [1.807, 2.05) is 0 Å². The first-order valence-corrected chi connectivity index (χ1v) is 2.34. The van der Waals surface area contributed by atoms with Crippen LogP contribution in [0.25, 0.3) is 0 Å². The second kappa shape index (κ2) is 4.59. The van der Waals surface area contributed by atoms with Gasteiger partial charge in [-0.05, 0) is 6.92 Å². The Morgan fingerprint density at radius 3 is 2.88 bits per heavy atom. The molecule has 0 fully saturated rings. The van der Waals surface area contributed by atoms with E-state index < -0.39 is 0 Å². The van der Waals surface area contributed by atoms with Gasteiger partial charge in [-0.1, -0.05) is 0 Å². The van der Waals surface area contributed by atoms with Gasteiger partial charge >= 0.3 is 0 Å². The molecule has 3 nitrogen and oxygen atoms in total. The van der Waals surface area contributed by atoms with E-state index in [0.29, 0.717) is 12.9 Å². The minimum atomic E-state index is 0.270. The predicted octanol–water partition coefficient (Wildman–Crippen LogP) is 0.474. The summed E-state index contributed by atoms with van der Waals surface area (Å²) < 4.78 is 4.28. The Morgan fingerprint density at radius 2 is 2.50 bits per heavy atom. The summed E-state index contributed by atoms with van der Waals surface area (Å²) in [7, 11) is 0. The second-order valence-electron chi connectivity index (χ2n) is 1.45. The van der Waals surface area contributed by atoms with Gasteiger partial charge in [0, 0.05) is 6.42 Å². The molecule has 1 N–H and O–H groups in total. The fourth-order valence-corrected chi connectivity index (χ4v) is 0.255. The number of carbonyl (C=O) groups is 1. The zero-order valence-electron chi connectivity index (χ0n) is 4.76. The summed E-state index contributed by atoms with van der Waals surface area (Å²) in [6.07, 6.45) is 0.713. The minimum absolute atomic E-state index is 0.270. The Morgan fingerprint density at radius 1 is 1.88 bits per heavy atom. The molecule has 0 saturated heterocycles. The fraction of sp³-hybridized carbons (Fsp3) is 0.600. The van der Waals surface area contributed by atoms with Gasteiger partial charge in [-0.3, -0.25) is 4.79 Å². The standard InChI is InChI=1S/C5H9O3/c1-5(7)2-3-8-4-6/h4,7H,2-3H2,1H3. The highest BCUT2D eigenvalue weighted by atomic mass is 16.5. The first-order chi connectivity index (χ1) is 3.77. The molecule has 0 bridgehead atoms. The maximum Gasteiger partial charge on any atom is 0.293 e. The third-order valence-corrected chi connectivity index (χ3v) is 0.650. The monoisotopic (exact) mass is 117 g/mol. The number of hydrogen-bond donors (Lipinski definition) is 1. The quantitative estimate of drug-likeness (QED) is 0.430. The highest BCUT2D eigenvalue weighted by molar-refractivity contribution is 5.36. The Labute approximate surface area is 48.3 Å². The van der Waals surface area contributed by atoms with Crippen LogP contribution < -0.4 is 0 Å². The molecular weight excluding hydrogens is 108 g/mol. The highest BCUT2D eigenvalue weighted by Crippen LogP contribution is 1.96. The van der Waals surface area contributed by atoms with Crippen LogP contribution in [-0.4, -0.2) is 18.2 Å². The van der Waals surface area contributed by atoms with Gasteiger partial charge in [0.25, 0.3) is 6.47 Å². The summed E-state index contributed by atoms with van der Waals surface area (Å²) in [5, 5.41) is 8.50. The molecular formula is C5H9O3. The first-order valence-electron chi connectivity index (χ1n) is 2.34. The maximum absolute atomic E-state index is 9.47. The Balaban J connectivity index is 2.81.